The van der Waals surface area contributed by atoms with Crippen LogP contribution in [0.4, 0.5) is 4.39 Å². The molecule has 1 atom stereocenters. The summed E-state index contributed by atoms with van der Waals surface area (Å²) in [5, 5.41) is 9.39. The third-order valence-corrected chi connectivity index (χ3v) is 5.63. The van der Waals surface area contributed by atoms with Crippen molar-refractivity contribution in [2.24, 2.45) is 0 Å². The Kier molecular flexibility index (Phi) is 10.8. The molecule has 178 valence electrons. The minimum atomic E-state index is -1.79. The van der Waals surface area contributed by atoms with Gasteiger partial charge in [0.1, 0.15) is 24.6 Å². The number of nitriles is 1. The SMILES string of the molecule is C=C/C=C(/C)SC(=C)c1cc(C#N)cc(OCC(F)(CC)CC(=C)C(=O)COC(C)(C)C)c1. The van der Waals surface area contributed by atoms with Crippen LogP contribution in [-0.2, 0) is 9.53 Å². The number of hydrogen-bond donors (Lipinski definition) is 0. The third-order valence-electron chi connectivity index (χ3n) is 4.69. The number of allylic oxidation sites excluding steroid dienone is 3. The normalized spacial score (nSPS) is 13.5. The molecule has 0 spiro atoms. The van der Waals surface area contributed by atoms with Crippen molar-refractivity contribution in [1.82, 2.24) is 0 Å². The molecule has 0 saturated carbocycles. The van der Waals surface area contributed by atoms with Gasteiger partial charge in [-0.3, -0.25) is 4.79 Å². The molecule has 0 aliphatic carbocycles. The van der Waals surface area contributed by atoms with Crippen molar-refractivity contribution in [3.05, 3.63) is 71.7 Å². The number of carbonyl (C=O) groups excluding carboxylic acids is 1. The Morgan fingerprint density at radius 1 is 1.27 bits per heavy atom. The summed E-state index contributed by atoms with van der Waals surface area (Å²) in [4.78, 5) is 14.0. The number of nitrogens with zero attached hydrogens (tertiary/aromatic N) is 1. The number of halogens is 1. The summed E-state index contributed by atoms with van der Waals surface area (Å²) in [7, 11) is 0. The van der Waals surface area contributed by atoms with Crippen molar-refractivity contribution in [1.29, 1.82) is 5.26 Å². The van der Waals surface area contributed by atoms with Gasteiger partial charge >= 0.3 is 0 Å². The van der Waals surface area contributed by atoms with E-state index in [1.54, 1.807) is 31.2 Å². The predicted molar refractivity (Wildman–Crippen MR) is 136 cm³/mol. The highest BCUT2D eigenvalue weighted by molar-refractivity contribution is 8.11. The minimum Gasteiger partial charge on any atom is -0.490 e. The van der Waals surface area contributed by atoms with Gasteiger partial charge in [0.2, 0.25) is 0 Å². The molecule has 1 aromatic carbocycles. The fourth-order valence-electron chi connectivity index (χ4n) is 2.72. The van der Waals surface area contributed by atoms with Crippen LogP contribution in [0.5, 0.6) is 5.75 Å². The number of hydrogen-bond acceptors (Lipinski definition) is 5. The maximum atomic E-state index is 15.5. The molecule has 0 radical (unpaired) electrons. The van der Waals surface area contributed by atoms with Crippen LogP contribution in [0.1, 0.15) is 58.6 Å². The van der Waals surface area contributed by atoms with E-state index in [0.717, 1.165) is 9.81 Å². The van der Waals surface area contributed by atoms with E-state index < -0.39 is 11.3 Å². The van der Waals surface area contributed by atoms with Crippen molar-refractivity contribution in [2.45, 2.75) is 58.7 Å². The molecule has 1 rings (SSSR count). The number of Topliss-reactive ketones (excluding diaryl/α,β-unsaturated/α-hetero) is 1. The number of carbonyl (C=O) groups is 1. The van der Waals surface area contributed by atoms with Crippen LogP contribution in [-0.4, -0.2) is 30.3 Å². The second-order valence-electron chi connectivity index (χ2n) is 8.79. The fourth-order valence-corrected chi connectivity index (χ4v) is 3.51. The highest BCUT2D eigenvalue weighted by atomic mass is 32.2. The molecule has 1 unspecified atom stereocenters. The van der Waals surface area contributed by atoms with Crippen molar-refractivity contribution >= 4 is 22.5 Å². The standard InChI is InChI=1S/C27H34FNO3S/c1-9-11-20(4)33-21(5)23-12-22(16-29)13-24(14-23)31-18-27(28,10-2)15-19(3)25(30)17-32-26(6,7)8/h9,11-14H,1,3,5,10,15,17-18H2,2,4,6-8H3/b20-11-. The number of ether oxygens (including phenoxy) is 2. The van der Waals surface area contributed by atoms with E-state index in [2.05, 4.69) is 25.8 Å². The molecule has 0 fully saturated rings. The fraction of sp³-hybridized carbons (Fsp3) is 0.407. The molecule has 0 N–H and O–H groups in total. The van der Waals surface area contributed by atoms with E-state index in [1.165, 1.54) is 11.8 Å². The zero-order valence-electron chi connectivity index (χ0n) is 20.3. The van der Waals surface area contributed by atoms with Crippen LogP contribution in [0, 0.1) is 11.3 Å². The maximum absolute atomic E-state index is 15.5. The average Bonchev–Trinajstić information content (AvgIpc) is 2.75. The van der Waals surface area contributed by atoms with E-state index in [9.17, 15) is 10.1 Å². The summed E-state index contributed by atoms with van der Waals surface area (Å²) in [6.45, 7) is 20.2. The van der Waals surface area contributed by atoms with Gasteiger partial charge in [0.25, 0.3) is 0 Å². The summed E-state index contributed by atoms with van der Waals surface area (Å²) in [5.74, 6) is 0.0325. The Bertz CT molecular complexity index is 969. The first-order valence-corrected chi connectivity index (χ1v) is 11.5. The first-order chi connectivity index (χ1) is 15.3. The Morgan fingerprint density at radius 3 is 2.48 bits per heavy atom. The van der Waals surface area contributed by atoms with Gasteiger partial charge in [-0.05, 0) is 68.4 Å². The quantitative estimate of drug-likeness (QED) is 0.225. The summed E-state index contributed by atoms with van der Waals surface area (Å²) < 4.78 is 26.7. The Morgan fingerprint density at radius 2 is 1.94 bits per heavy atom. The number of thioether (sulfide) groups is 1. The van der Waals surface area contributed by atoms with E-state index in [4.69, 9.17) is 9.47 Å². The summed E-state index contributed by atoms with van der Waals surface area (Å²) >= 11 is 1.45. The van der Waals surface area contributed by atoms with E-state index in [1.807, 2.05) is 33.8 Å². The smallest absolute Gasteiger partial charge is 0.184 e. The number of alkyl halides is 1. The molecule has 6 heteroatoms. The molecule has 0 amide bonds. The lowest BCUT2D eigenvalue weighted by molar-refractivity contribution is -0.125. The lowest BCUT2D eigenvalue weighted by atomic mass is 9.93. The molecule has 0 aliphatic rings. The minimum absolute atomic E-state index is 0.137. The maximum Gasteiger partial charge on any atom is 0.184 e. The number of benzene rings is 1. The second kappa shape index (κ2) is 12.6. The van der Waals surface area contributed by atoms with Crippen molar-refractivity contribution in [3.63, 3.8) is 0 Å². The number of rotatable bonds is 13. The van der Waals surface area contributed by atoms with Crippen LogP contribution in [0.2, 0.25) is 0 Å². The second-order valence-corrected chi connectivity index (χ2v) is 10.1. The van der Waals surface area contributed by atoms with Gasteiger partial charge in [-0.2, -0.15) is 5.26 Å². The lowest BCUT2D eigenvalue weighted by Gasteiger charge is -2.25. The lowest BCUT2D eigenvalue weighted by Crippen LogP contribution is -2.33. The van der Waals surface area contributed by atoms with Crippen molar-refractivity contribution in [2.75, 3.05) is 13.2 Å². The molecule has 0 heterocycles. The van der Waals surface area contributed by atoms with Gasteiger partial charge in [0, 0.05) is 11.3 Å². The first kappa shape index (κ1) is 28.4. The van der Waals surface area contributed by atoms with Gasteiger partial charge in [-0.25, -0.2) is 4.39 Å². The van der Waals surface area contributed by atoms with E-state index >= 15 is 4.39 Å². The van der Waals surface area contributed by atoms with Crippen LogP contribution < -0.4 is 4.74 Å². The molecule has 0 bridgehead atoms. The van der Waals surface area contributed by atoms with Crippen LogP contribution in [0.25, 0.3) is 4.91 Å². The summed E-state index contributed by atoms with van der Waals surface area (Å²) in [5.41, 5.74) is -0.998. The van der Waals surface area contributed by atoms with Gasteiger partial charge < -0.3 is 9.47 Å². The van der Waals surface area contributed by atoms with Gasteiger partial charge in [0.15, 0.2) is 5.78 Å². The number of ketones is 1. The van der Waals surface area contributed by atoms with E-state index in [-0.39, 0.29) is 37.4 Å². The highest BCUT2D eigenvalue weighted by Gasteiger charge is 2.32. The molecular formula is C27H34FNO3S. The predicted octanol–water partition coefficient (Wildman–Crippen LogP) is 7.18. The van der Waals surface area contributed by atoms with Crippen LogP contribution in [0.3, 0.4) is 0 Å². The Hall–Kier alpha value is -2.62. The van der Waals surface area contributed by atoms with Crippen LogP contribution >= 0.6 is 11.8 Å². The van der Waals surface area contributed by atoms with E-state index in [0.29, 0.717) is 16.9 Å². The monoisotopic (exact) mass is 471 g/mol. The van der Waals surface area contributed by atoms with Gasteiger partial charge in [-0.15, -0.1) is 0 Å². The highest BCUT2D eigenvalue weighted by Crippen LogP contribution is 2.35. The molecule has 0 aliphatic heterocycles. The molecule has 0 aromatic heterocycles. The van der Waals surface area contributed by atoms with Crippen molar-refractivity contribution in [3.8, 4) is 11.8 Å². The summed E-state index contributed by atoms with van der Waals surface area (Å²) in [6, 6.07) is 7.09. The Labute approximate surface area is 201 Å². The molecular weight excluding hydrogens is 437 g/mol. The average molecular weight is 472 g/mol. The molecule has 1 aromatic rings. The topological polar surface area (TPSA) is 59.3 Å². The first-order valence-electron chi connectivity index (χ1n) is 10.7. The Balaban J connectivity index is 2.93. The molecule has 33 heavy (non-hydrogen) atoms. The largest absolute Gasteiger partial charge is 0.490 e. The molecule has 4 nitrogen and oxygen atoms in total. The van der Waals surface area contributed by atoms with Gasteiger partial charge in [0.05, 0.1) is 17.2 Å². The molecule has 0 saturated heterocycles. The summed E-state index contributed by atoms with van der Waals surface area (Å²) in [6.07, 6.45) is 3.53. The van der Waals surface area contributed by atoms with Crippen LogP contribution in [0.15, 0.2) is 60.6 Å². The third kappa shape index (κ3) is 10.2. The zero-order chi connectivity index (χ0) is 25.2. The zero-order valence-corrected chi connectivity index (χ0v) is 21.1. The van der Waals surface area contributed by atoms with Gasteiger partial charge in [-0.1, -0.05) is 50.6 Å². The van der Waals surface area contributed by atoms with Crippen molar-refractivity contribution < 1.29 is 18.7 Å².